The molecular formula is C15H22N2O4. The van der Waals surface area contributed by atoms with E-state index in [1.807, 2.05) is 6.92 Å². The highest BCUT2D eigenvalue weighted by atomic mass is 16.5. The van der Waals surface area contributed by atoms with Gasteiger partial charge in [-0.3, -0.25) is 19.8 Å². The summed E-state index contributed by atoms with van der Waals surface area (Å²) in [6.45, 7) is 6.36. The lowest BCUT2D eigenvalue weighted by Gasteiger charge is -2.32. The van der Waals surface area contributed by atoms with Gasteiger partial charge in [0.25, 0.3) is 0 Å². The van der Waals surface area contributed by atoms with Crippen molar-refractivity contribution in [2.75, 3.05) is 19.8 Å². The molecule has 2 rings (SSSR count). The summed E-state index contributed by atoms with van der Waals surface area (Å²) in [4.78, 5) is 37.3. The third-order valence-corrected chi connectivity index (χ3v) is 3.97. The predicted octanol–water partition coefficient (Wildman–Crippen LogP) is 1.46. The van der Waals surface area contributed by atoms with Crippen LogP contribution in [0, 0.1) is 11.8 Å². The van der Waals surface area contributed by atoms with Crippen LogP contribution >= 0.6 is 0 Å². The minimum atomic E-state index is -0.716. The molecule has 1 heterocycles. The molecule has 2 fully saturated rings. The molecule has 1 unspecified atom stereocenters. The van der Waals surface area contributed by atoms with Gasteiger partial charge >= 0.3 is 6.03 Å². The van der Waals surface area contributed by atoms with Crippen LogP contribution < -0.4 is 5.32 Å². The van der Waals surface area contributed by atoms with E-state index in [4.69, 9.17) is 4.74 Å². The first kappa shape index (κ1) is 15.7. The second-order valence-corrected chi connectivity index (χ2v) is 5.82. The van der Waals surface area contributed by atoms with E-state index in [9.17, 15) is 14.4 Å². The van der Waals surface area contributed by atoms with Crippen LogP contribution in [0.3, 0.4) is 0 Å². The molecule has 0 aromatic carbocycles. The van der Waals surface area contributed by atoms with Crippen LogP contribution in [0.5, 0.6) is 0 Å². The second-order valence-electron chi connectivity index (χ2n) is 5.82. The Bertz CT molecular complexity index is 455. The van der Waals surface area contributed by atoms with Crippen LogP contribution in [-0.2, 0) is 14.3 Å². The number of hydrogen-bond acceptors (Lipinski definition) is 4. The fourth-order valence-corrected chi connectivity index (χ4v) is 2.95. The summed E-state index contributed by atoms with van der Waals surface area (Å²) in [6.07, 6.45) is 3.82. The molecule has 116 valence electrons. The normalized spacial score (nSPS) is 23.6. The summed E-state index contributed by atoms with van der Waals surface area (Å²) < 4.78 is 5.32. The first-order chi connectivity index (χ1) is 10.0. The van der Waals surface area contributed by atoms with E-state index in [1.165, 1.54) is 0 Å². The third kappa shape index (κ3) is 3.69. The maximum Gasteiger partial charge on any atom is 0.330 e. The molecule has 4 amide bonds. The van der Waals surface area contributed by atoms with Crippen molar-refractivity contribution < 1.29 is 19.1 Å². The Labute approximate surface area is 124 Å². The molecule has 0 spiro atoms. The van der Waals surface area contributed by atoms with Crippen LogP contribution in [0.15, 0.2) is 12.2 Å². The Hall–Kier alpha value is -1.69. The minimum Gasteiger partial charge on any atom is -0.375 e. The Kier molecular flexibility index (Phi) is 5.12. The van der Waals surface area contributed by atoms with Crippen LogP contribution in [0.4, 0.5) is 4.79 Å². The van der Waals surface area contributed by atoms with Gasteiger partial charge in [0.1, 0.15) is 5.92 Å². The van der Waals surface area contributed by atoms with E-state index in [2.05, 4.69) is 11.9 Å². The number of carbonyl (C=O) groups is 3. The van der Waals surface area contributed by atoms with Crippen molar-refractivity contribution in [3.05, 3.63) is 12.2 Å². The van der Waals surface area contributed by atoms with Crippen LogP contribution in [0.25, 0.3) is 0 Å². The number of barbiturate groups is 1. The lowest BCUT2D eigenvalue weighted by Crippen LogP contribution is -2.60. The number of ether oxygens (including phenoxy) is 1. The standard InChI is InChI=1S/C15H22N2O4/c1-10(2)9-21-8-7-17-14(19)12(11-5-3-4-6-11)13(18)16-15(17)20/h11-12H,1,3-9H2,2H3,(H,16,18,20). The fourth-order valence-electron chi connectivity index (χ4n) is 2.95. The van der Waals surface area contributed by atoms with Gasteiger partial charge in [-0.2, -0.15) is 0 Å². The molecule has 1 aliphatic carbocycles. The zero-order chi connectivity index (χ0) is 15.4. The third-order valence-electron chi connectivity index (χ3n) is 3.97. The van der Waals surface area contributed by atoms with Crippen molar-refractivity contribution in [3.8, 4) is 0 Å². The molecule has 1 saturated carbocycles. The number of carbonyl (C=O) groups excluding carboxylic acids is 3. The topological polar surface area (TPSA) is 75.7 Å². The minimum absolute atomic E-state index is 0.0597. The first-order valence-electron chi connectivity index (χ1n) is 7.39. The SMILES string of the molecule is C=C(C)COCCN1C(=O)NC(=O)C(C2CCCC2)C1=O. The van der Waals surface area contributed by atoms with E-state index >= 15 is 0 Å². The maximum absolute atomic E-state index is 12.4. The molecule has 1 N–H and O–H groups in total. The monoisotopic (exact) mass is 294 g/mol. The lowest BCUT2D eigenvalue weighted by molar-refractivity contribution is -0.145. The van der Waals surface area contributed by atoms with Gasteiger partial charge in [0.05, 0.1) is 19.8 Å². The van der Waals surface area contributed by atoms with E-state index in [-0.39, 0.29) is 25.0 Å². The average molecular weight is 294 g/mol. The maximum atomic E-state index is 12.4. The Morgan fingerprint density at radius 2 is 2.00 bits per heavy atom. The van der Waals surface area contributed by atoms with Crippen molar-refractivity contribution >= 4 is 17.8 Å². The van der Waals surface area contributed by atoms with Gasteiger partial charge in [0, 0.05) is 0 Å². The van der Waals surface area contributed by atoms with E-state index in [0.717, 1.165) is 36.2 Å². The fraction of sp³-hybridized carbons (Fsp3) is 0.667. The van der Waals surface area contributed by atoms with Gasteiger partial charge in [-0.1, -0.05) is 25.0 Å². The lowest BCUT2D eigenvalue weighted by atomic mass is 9.87. The van der Waals surface area contributed by atoms with Crippen LogP contribution in [-0.4, -0.2) is 42.5 Å². The highest BCUT2D eigenvalue weighted by Gasteiger charge is 2.44. The van der Waals surface area contributed by atoms with Crippen molar-refractivity contribution in [2.24, 2.45) is 11.8 Å². The molecule has 6 nitrogen and oxygen atoms in total. The number of hydrogen-bond donors (Lipinski definition) is 1. The number of rotatable bonds is 6. The smallest absolute Gasteiger partial charge is 0.330 e. The van der Waals surface area contributed by atoms with E-state index in [1.54, 1.807) is 0 Å². The summed E-state index contributed by atoms with van der Waals surface area (Å²) in [5.74, 6) is -1.48. The van der Waals surface area contributed by atoms with E-state index < -0.39 is 17.9 Å². The molecule has 1 aliphatic heterocycles. The largest absolute Gasteiger partial charge is 0.375 e. The summed E-state index contributed by atoms with van der Waals surface area (Å²) in [5, 5.41) is 2.29. The molecule has 0 aromatic rings. The number of urea groups is 1. The molecular weight excluding hydrogens is 272 g/mol. The molecule has 6 heteroatoms. The van der Waals surface area contributed by atoms with Gasteiger partial charge < -0.3 is 4.74 Å². The van der Waals surface area contributed by atoms with Gasteiger partial charge in [-0.15, -0.1) is 0 Å². The summed E-state index contributed by atoms with van der Waals surface area (Å²) >= 11 is 0. The Balaban J connectivity index is 1.96. The van der Waals surface area contributed by atoms with Crippen molar-refractivity contribution in [3.63, 3.8) is 0 Å². The quantitative estimate of drug-likeness (QED) is 0.457. The van der Waals surface area contributed by atoms with Crippen molar-refractivity contribution in [1.29, 1.82) is 0 Å². The van der Waals surface area contributed by atoms with Gasteiger partial charge in [-0.25, -0.2) is 4.79 Å². The molecule has 0 radical (unpaired) electrons. The predicted molar refractivity (Wildman–Crippen MR) is 76.3 cm³/mol. The zero-order valence-electron chi connectivity index (χ0n) is 12.4. The van der Waals surface area contributed by atoms with Gasteiger partial charge in [0.2, 0.25) is 11.8 Å². The highest BCUT2D eigenvalue weighted by Crippen LogP contribution is 2.33. The number of nitrogens with zero attached hydrogens (tertiary/aromatic N) is 1. The molecule has 21 heavy (non-hydrogen) atoms. The molecule has 1 saturated heterocycles. The number of amides is 4. The van der Waals surface area contributed by atoms with Crippen LogP contribution in [0.2, 0.25) is 0 Å². The zero-order valence-corrected chi connectivity index (χ0v) is 12.4. The van der Waals surface area contributed by atoms with Crippen molar-refractivity contribution in [2.45, 2.75) is 32.6 Å². The summed E-state index contributed by atoms with van der Waals surface area (Å²) in [6, 6.07) is -0.641. The Morgan fingerprint density at radius 3 is 2.62 bits per heavy atom. The average Bonchev–Trinajstić information content (AvgIpc) is 2.90. The first-order valence-corrected chi connectivity index (χ1v) is 7.39. The number of imide groups is 2. The molecule has 1 atom stereocenters. The molecule has 2 aliphatic rings. The summed E-state index contributed by atoms with van der Waals surface area (Å²) in [5.41, 5.74) is 0.878. The molecule has 0 bridgehead atoms. The summed E-state index contributed by atoms with van der Waals surface area (Å²) in [7, 11) is 0. The van der Waals surface area contributed by atoms with Crippen molar-refractivity contribution in [1.82, 2.24) is 10.2 Å². The highest BCUT2D eigenvalue weighted by molar-refractivity contribution is 6.16. The second kappa shape index (κ2) is 6.85. The van der Waals surface area contributed by atoms with Gasteiger partial charge in [0.15, 0.2) is 0 Å². The number of nitrogens with one attached hydrogen (secondary N) is 1. The van der Waals surface area contributed by atoms with Crippen LogP contribution in [0.1, 0.15) is 32.6 Å². The molecule has 0 aromatic heterocycles. The Morgan fingerprint density at radius 1 is 1.33 bits per heavy atom. The van der Waals surface area contributed by atoms with Gasteiger partial charge in [-0.05, 0) is 25.7 Å². The van der Waals surface area contributed by atoms with E-state index in [0.29, 0.717) is 6.61 Å².